The first-order chi connectivity index (χ1) is 13.1. The van der Waals surface area contributed by atoms with E-state index in [0.717, 1.165) is 42.6 Å². The molecule has 3 heteroatoms. The number of allylic oxidation sites excluding steroid dienone is 3. The van der Waals surface area contributed by atoms with Crippen molar-refractivity contribution in [2.45, 2.75) is 64.7 Å². The van der Waals surface area contributed by atoms with E-state index in [4.69, 9.17) is 16.3 Å². The molecule has 0 aliphatic heterocycles. The second-order valence-electron chi connectivity index (χ2n) is 8.08. The fourth-order valence-electron chi connectivity index (χ4n) is 4.88. The topological polar surface area (TPSA) is 9.23 Å². The van der Waals surface area contributed by atoms with Crippen LogP contribution in [-0.4, -0.2) is 6.61 Å². The monoisotopic (exact) mass is 390 g/mol. The molecule has 0 amide bonds. The molecule has 1 unspecified atom stereocenters. The van der Waals surface area contributed by atoms with Crippen molar-refractivity contribution in [3.05, 3.63) is 47.3 Å². The van der Waals surface area contributed by atoms with Crippen molar-refractivity contribution in [2.24, 2.45) is 17.8 Å². The minimum Gasteiger partial charge on any atom is -0.491 e. The van der Waals surface area contributed by atoms with E-state index in [1.807, 2.05) is 13.0 Å². The summed E-state index contributed by atoms with van der Waals surface area (Å²) < 4.78 is 19.7. The summed E-state index contributed by atoms with van der Waals surface area (Å²) in [5.41, 5.74) is 2.03. The summed E-state index contributed by atoms with van der Waals surface area (Å²) in [5.74, 6) is 2.35. The highest BCUT2D eigenvalue weighted by Crippen LogP contribution is 2.43. The van der Waals surface area contributed by atoms with Gasteiger partial charge in [0.1, 0.15) is 0 Å². The van der Waals surface area contributed by atoms with Gasteiger partial charge in [-0.2, -0.15) is 0 Å². The van der Waals surface area contributed by atoms with Crippen molar-refractivity contribution in [3.63, 3.8) is 0 Å². The maximum absolute atomic E-state index is 14.4. The molecular weight excluding hydrogens is 359 g/mol. The standard InChI is InChI=1S/C24H32ClFO/c1-3-5-6-17-7-9-18(10-8-17)19-11-13-20(14-12-19)21-15-16-22(27-4-2)24(26)23(21)25/h3,13,15-19H,1,4-12,14H2,2H3. The average molecular weight is 391 g/mol. The van der Waals surface area contributed by atoms with E-state index in [1.54, 1.807) is 6.07 Å². The van der Waals surface area contributed by atoms with Crippen LogP contribution >= 0.6 is 11.6 Å². The van der Waals surface area contributed by atoms with E-state index in [2.05, 4.69) is 18.7 Å². The van der Waals surface area contributed by atoms with Gasteiger partial charge >= 0.3 is 0 Å². The molecule has 1 aromatic rings. The van der Waals surface area contributed by atoms with Gasteiger partial charge < -0.3 is 4.74 Å². The van der Waals surface area contributed by atoms with Gasteiger partial charge in [-0.25, -0.2) is 4.39 Å². The molecule has 1 nitrogen and oxygen atoms in total. The van der Waals surface area contributed by atoms with Gasteiger partial charge in [-0.05, 0) is 92.9 Å². The van der Waals surface area contributed by atoms with Crippen LogP contribution in [0.4, 0.5) is 4.39 Å². The fourth-order valence-corrected chi connectivity index (χ4v) is 5.15. The van der Waals surface area contributed by atoms with Crippen LogP contribution in [0.2, 0.25) is 5.02 Å². The average Bonchev–Trinajstić information content (AvgIpc) is 2.71. The Morgan fingerprint density at radius 1 is 1.19 bits per heavy atom. The Balaban J connectivity index is 1.59. The summed E-state index contributed by atoms with van der Waals surface area (Å²) in [7, 11) is 0. The molecule has 2 aliphatic rings. The van der Waals surface area contributed by atoms with Gasteiger partial charge in [0, 0.05) is 0 Å². The van der Waals surface area contributed by atoms with Crippen molar-refractivity contribution in [1.29, 1.82) is 0 Å². The smallest absolute Gasteiger partial charge is 0.184 e. The second-order valence-corrected chi connectivity index (χ2v) is 8.46. The van der Waals surface area contributed by atoms with E-state index in [1.165, 1.54) is 44.1 Å². The molecule has 0 N–H and O–H groups in total. The summed E-state index contributed by atoms with van der Waals surface area (Å²) in [6.07, 6.45) is 15.6. The number of hydrogen-bond acceptors (Lipinski definition) is 1. The lowest BCUT2D eigenvalue weighted by molar-refractivity contribution is 0.190. The summed E-state index contributed by atoms with van der Waals surface area (Å²) in [4.78, 5) is 0. The second kappa shape index (κ2) is 9.78. The van der Waals surface area contributed by atoms with Crippen LogP contribution in [0.5, 0.6) is 5.75 Å². The summed E-state index contributed by atoms with van der Waals surface area (Å²) in [6, 6.07) is 3.62. The van der Waals surface area contributed by atoms with Gasteiger partial charge in [0.25, 0.3) is 0 Å². The van der Waals surface area contributed by atoms with E-state index < -0.39 is 5.82 Å². The highest BCUT2D eigenvalue weighted by molar-refractivity contribution is 6.32. The van der Waals surface area contributed by atoms with Crippen molar-refractivity contribution < 1.29 is 9.13 Å². The first-order valence-electron chi connectivity index (χ1n) is 10.5. The molecular formula is C24H32ClFO. The Kier molecular flexibility index (Phi) is 7.41. The molecule has 0 bridgehead atoms. The van der Waals surface area contributed by atoms with Gasteiger partial charge in [-0.1, -0.05) is 36.6 Å². The third kappa shape index (κ3) is 4.96. The van der Waals surface area contributed by atoms with Crippen LogP contribution in [0, 0.1) is 23.6 Å². The number of ether oxygens (including phenoxy) is 1. The zero-order chi connectivity index (χ0) is 19.2. The van der Waals surface area contributed by atoms with Gasteiger partial charge in [-0.15, -0.1) is 6.58 Å². The van der Waals surface area contributed by atoms with Crippen molar-refractivity contribution in [1.82, 2.24) is 0 Å². The van der Waals surface area contributed by atoms with E-state index in [-0.39, 0.29) is 10.8 Å². The van der Waals surface area contributed by atoms with Crippen molar-refractivity contribution in [2.75, 3.05) is 6.61 Å². The van der Waals surface area contributed by atoms with Crippen LogP contribution in [-0.2, 0) is 0 Å². The molecule has 0 aromatic heterocycles. The Bertz CT molecular complexity index is 673. The Labute approximate surface area is 168 Å². The number of benzene rings is 1. The number of halogens is 2. The molecule has 148 valence electrons. The molecule has 0 spiro atoms. The third-order valence-corrected chi connectivity index (χ3v) is 6.85. The predicted octanol–water partition coefficient (Wildman–Crippen LogP) is 7.83. The van der Waals surface area contributed by atoms with E-state index in [0.29, 0.717) is 6.61 Å². The van der Waals surface area contributed by atoms with Crippen molar-refractivity contribution in [3.8, 4) is 5.75 Å². The van der Waals surface area contributed by atoms with E-state index in [9.17, 15) is 4.39 Å². The molecule has 0 heterocycles. The van der Waals surface area contributed by atoms with E-state index >= 15 is 0 Å². The van der Waals surface area contributed by atoms with Crippen molar-refractivity contribution >= 4 is 17.2 Å². The quantitative estimate of drug-likeness (QED) is 0.431. The molecule has 3 rings (SSSR count). The fraction of sp³-hybridized carbons (Fsp3) is 0.583. The maximum Gasteiger partial charge on any atom is 0.184 e. The lowest BCUT2D eigenvalue weighted by Gasteiger charge is -2.35. The van der Waals surface area contributed by atoms with Gasteiger partial charge in [0.2, 0.25) is 0 Å². The molecule has 1 atom stereocenters. The van der Waals surface area contributed by atoms with Crippen LogP contribution in [0.3, 0.4) is 0 Å². The SMILES string of the molecule is C=CCCC1CCC(C2CC=C(c3ccc(OCC)c(F)c3Cl)CC2)CC1. The lowest BCUT2D eigenvalue weighted by atomic mass is 9.70. The molecule has 1 aromatic carbocycles. The third-order valence-electron chi connectivity index (χ3n) is 6.48. The molecule has 1 fully saturated rings. The van der Waals surface area contributed by atoms with Crippen LogP contribution in [0.25, 0.3) is 5.57 Å². The summed E-state index contributed by atoms with van der Waals surface area (Å²) in [6.45, 7) is 6.13. The molecule has 1 saturated carbocycles. The largest absolute Gasteiger partial charge is 0.491 e. The first-order valence-corrected chi connectivity index (χ1v) is 10.9. The first kappa shape index (κ1) is 20.5. The Morgan fingerprint density at radius 2 is 1.96 bits per heavy atom. The minimum atomic E-state index is -0.433. The normalized spacial score (nSPS) is 25.7. The van der Waals surface area contributed by atoms with Gasteiger partial charge in [-0.3, -0.25) is 0 Å². The zero-order valence-corrected chi connectivity index (χ0v) is 17.2. The zero-order valence-electron chi connectivity index (χ0n) is 16.5. The number of hydrogen-bond donors (Lipinski definition) is 0. The summed E-state index contributed by atoms with van der Waals surface area (Å²) >= 11 is 6.31. The van der Waals surface area contributed by atoms with Crippen LogP contribution in [0.1, 0.15) is 70.3 Å². The Hall–Kier alpha value is -1.28. The molecule has 0 radical (unpaired) electrons. The van der Waals surface area contributed by atoms with Crippen LogP contribution < -0.4 is 4.74 Å². The summed E-state index contributed by atoms with van der Waals surface area (Å²) in [5, 5.41) is 0.202. The highest BCUT2D eigenvalue weighted by atomic mass is 35.5. The van der Waals surface area contributed by atoms with Gasteiger partial charge in [0.15, 0.2) is 11.6 Å². The predicted molar refractivity (Wildman–Crippen MR) is 113 cm³/mol. The number of rotatable bonds is 7. The molecule has 2 aliphatic carbocycles. The Morgan fingerprint density at radius 3 is 2.59 bits per heavy atom. The minimum absolute atomic E-state index is 0.202. The highest BCUT2D eigenvalue weighted by Gasteiger charge is 2.29. The van der Waals surface area contributed by atoms with Gasteiger partial charge in [0.05, 0.1) is 11.6 Å². The van der Waals surface area contributed by atoms with Crippen LogP contribution in [0.15, 0.2) is 30.9 Å². The molecule has 0 saturated heterocycles. The maximum atomic E-state index is 14.4. The lowest BCUT2D eigenvalue weighted by Crippen LogP contribution is -2.23. The molecule has 27 heavy (non-hydrogen) atoms.